The second kappa shape index (κ2) is 6.59. The Balaban J connectivity index is 1.97. The Bertz CT molecular complexity index is 595. The van der Waals surface area contributed by atoms with Gasteiger partial charge in [0.05, 0.1) is 7.11 Å². The first kappa shape index (κ1) is 14.6. The molecule has 1 aromatic heterocycles. The molecule has 0 aliphatic carbocycles. The smallest absolute Gasteiger partial charge is 0.354 e. The monoisotopic (exact) mass is 292 g/mol. The lowest BCUT2D eigenvalue weighted by molar-refractivity contribution is 0.0594. The van der Waals surface area contributed by atoms with Crippen molar-refractivity contribution in [2.24, 2.45) is 0 Å². The van der Waals surface area contributed by atoms with Crippen molar-refractivity contribution < 1.29 is 9.53 Å². The number of H-pyrrole nitrogens is 1. The highest BCUT2D eigenvalue weighted by Gasteiger charge is 2.11. The van der Waals surface area contributed by atoms with Gasteiger partial charge in [-0.05, 0) is 30.7 Å². The number of carbonyl (C=O) groups excluding carboxylic acids is 1. The molecule has 0 aliphatic rings. The number of benzene rings is 1. The Morgan fingerprint density at radius 1 is 1.35 bits per heavy atom. The Hall–Kier alpha value is -1.78. The third kappa shape index (κ3) is 3.40. The van der Waals surface area contributed by atoms with Gasteiger partial charge in [0.15, 0.2) is 0 Å². The van der Waals surface area contributed by atoms with Crippen molar-refractivity contribution in [1.29, 1.82) is 0 Å². The number of hydrogen-bond acceptors (Lipinski definition) is 3. The highest BCUT2D eigenvalue weighted by molar-refractivity contribution is 6.31. The van der Waals surface area contributed by atoms with E-state index in [1.165, 1.54) is 7.11 Å². The molecule has 1 atom stereocenters. The van der Waals surface area contributed by atoms with Crippen LogP contribution in [0.25, 0.3) is 0 Å². The van der Waals surface area contributed by atoms with Crippen LogP contribution >= 0.6 is 11.6 Å². The van der Waals surface area contributed by atoms with Gasteiger partial charge in [0, 0.05) is 23.3 Å². The summed E-state index contributed by atoms with van der Waals surface area (Å²) in [6, 6.07) is 11.4. The molecule has 20 heavy (non-hydrogen) atoms. The average Bonchev–Trinajstić information content (AvgIpc) is 2.93. The van der Waals surface area contributed by atoms with Crippen LogP contribution in [-0.2, 0) is 11.3 Å². The van der Waals surface area contributed by atoms with Crippen LogP contribution in [0.1, 0.15) is 34.7 Å². The van der Waals surface area contributed by atoms with E-state index in [0.29, 0.717) is 12.2 Å². The molecule has 1 aromatic carbocycles. The maximum Gasteiger partial charge on any atom is 0.354 e. The molecule has 2 N–H and O–H groups in total. The van der Waals surface area contributed by atoms with Crippen LogP contribution in [0.15, 0.2) is 36.4 Å². The number of nitrogens with one attached hydrogen (secondary N) is 2. The average molecular weight is 293 g/mol. The summed E-state index contributed by atoms with van der Waals surface area (Å²) in [6.45, 7) is 2.66. The number of rotatable bonds is 5. The van der Waals surface area contributed by atoms with Crippen LogP contribution in [0.2, 0.25) is 5.02 Å². The number of carbonyl (C=O) groups is 1. The maximum absolute atomic E-state index is 11.3. The van der Waals surface area contributed by atoms with E-state index in [9.17, 15) is 4.79 Å². The van der Waals surface area contributed by atoms with Gasteiger partial charge in [-0.15, -0.1) is 0 Å². The molecule has 5 heteroatoms. The summed E-state index contributed by atoms with van der Waals surface area (Å²) in [4.78, 5) is 14.4. The minimum Gasteiger partial charge on any atom is -0.464 e. The summed E-state index contributed by atoms with van der Waals surface area (Å²) in [5.41, 5.74) is 2.42. The molecular weight excluding hydrogens is 276 g/mol. The lowest BCUT2D eigenvalue weighted by Gasteiger charge is -2.15. The molecule has 0 radical (unpaired) electrons. The van der Waals surface area contributed by atoms with E-state index >= 15 is 0 Å². The number of halogens is 1. The van der Waals surface area contributed by atoms with E-state index in [1.54, 1.807) is 6.07 Å². The zero-order chi connectivity index (χ0) is 14.5. The molecule has 2 aromatic rings. The Morgan fingerprint density at radius 3 is 2.80 bits per heavy atom. The van der Waals surface area contributed by atoms with Crippen molar-refractivity contribution in [1.82, 2.24) is 10.3 Å². The molecule has 0 aliphatic heterocycles. The third-order valence-corrected chi connectivity index (χ3v) is 3.47. The van der Waals surface area contributed by atoms with E-state index in [1.807, 2.05) is 37.3 Å². The second-order valence-corrected chi connectivity index (χ2v) is 4.92. The fraction of sp³-hybridized carbons (Fsp3) is 0.267. The first-order valence-electron chi connectivity index (χ1n) is 6.36. The molecule has 4 nitrogen and oxygen atoms in total. The first-order chi connectivity index (χ1) is 9.61. The van der Waals surface area contributed by atoms with Crippen molar-refractivity contribution in [3.05, 3.63) is 58.4 Å². The quantitative estimate of drug-likeness (QED) is 0.831. The van der Waals surface area contributed by atoms with Gasteiger partial charge in [0.1, 0.15) is 5.69 Å². The molecule has 0 spiro atoms. The molecule has 0 unspecified atom stereocenters. The van der Waals surface area contributed by atoms with E-state index < -0.39 is 0 Å². The molecule has 2 rings (SSSR count). The lowest BCUT2D eigenvalue weighted by atomic mass is 10.1. The van der Waals surface area contributed by atoms with Gasteiger partial charge >= 0.3 is 5.97 Å². The van der Waals surface area contributed by atoms with E-state index in [4.69, 9.17) is 11.6 Å². The predicted molar refractivity (Wildman–Crippen MR) is 78.8 cm³/mol. The summed E-state index contributed by atoms with van der Waals surface area (Å²) in [5, 5.41) is 4.10. The van der Waals surface area contributed by atoms with Crippen molar-refractivity contribution in [3.8, 4) is 0 Å². The Kier molecular flexibility index (Phi) is 4.82. The predicted octanol–water partition coefficient (Wildman–Crippen LogP) is 3.31. The second-order valence-electron chi connectivity index (χ2n) is 4.51. The van der Waals surface area contributed by atoms with Crippen LogP contribution in [0.4, 0.5) is 0 Å². The molecule has 0 fully saturated rings. The molecule has 106 valence electrons. The molecular formula is C15H17ClN2O2. The maximum atomic E-state index is 11.3. The minimum absolute atomic E-state index is 0.119. The first-order valence-corrected chi connectivity index (χ1v) is 6.73. The summed E-state index contributed by atoms with van der Waals surface area (Å²) in [5.74, 6) is -0.365. The topological polar surface area (TPSA) is 54.1 Å². The fourth-order valence-electron chi connectivity index (χ4n) is 1.97. The van der Waals surface area contributed by atoms with Crippen LogP contribution in [0, 0.1) is 0 Å². The van der Waals surface area contributed by atoms with Crippen molar-refractivity contribution in [2.75, 3.05) is 7.11 Å². The highest BCUT2D eigenvalue weighted by atomic mass is 35.5. The van der Waals surface area contributed by atoms with Crippen LogP contribution in [0.5, 0.6) is 0 Å². The summed E-state index contributed by atoms with van der Waals surface area (Å²) >= 11 is 6.16. The van der Waals surface area contributed by atoms with Gasteiger partial charge in [0.2, 0.25) is 0 Å². The van der Waals surface area contributed by atoms with Crippen molar-refractivity contribution in [2.45, 2.75) is 19.5 Å². The normalized spacial score (nSPS) is 12.2. The summed E-state index contributed by atoms with van der Waals surface area (Å²) in [6.07, 6.45) is 0. The highest BCUT2D eigenvalue weighted by Crippen LogP contribution is 2.22. The number of aromatic nitrogens is 1. The Morgan fingerprint density at radius 2 is 2.10 bits per heavy atom. The standard InChI is InChI=1S/C15H17ClN2O2/c1-10(12-5-3-4-6-13(12)16)17-9-11-7-8-14(18-11)15(19)20-2/h3-8,10,17-18H,9H2,1-2H3/t10-/m0/s1. The van der Waals surface area contributed by atoms with Crippen molar-refractivity contribution in [3.63, 3.8) is 0 Å². The third-order valence-electron chi connectivity index (χ3n) is 3.12. The zero-order valence-corrected chi connectivity index (χ0v) is 12.2. The van der Waals surface area contributed by atoms with Crippen LogP contribution < -0.4 is 5.32 Å². The number of methoxy groups -OCH3 is 1. The van der Waals surface area contributed by atoms with Crippen molar-refractivity contribution >= 4 is 17.6 Å². The van der Waals surface area contributed by atoms with Gasteiger partial charge in [0.25, 0.3) is 0 Å². The van der Waals surface area contributed by atoms with E-state index in [2.05, 4.69) is 15.0 Å². The molecule has 0 bridgehead atoms. The number of esters is 1. The molecule has 0 saturated heterocycles. The lowest BCUT2D eigenvalue weighted by Crippen LogP contribution is -2.18. The van der Waals surface area contributed by atoms with Gasteiger partial charge in [-0.1, -0.05) is 29.8 Å². The number of ether oxygens (including phenoxy) is 1. The Labute approximate surface area is 123 Å². The number of hydrogen-bond donors (Lipinski definition) is 2. The minimum atomic E-state index is -0.365. The fourth-order valence-corrected chi connectivity index (χ4v) is 2.27. The van der Waals surface area contributed by atoms with Gasteiger partial charge in [-0.3, -0.25) is 0 Å². The van der Waals surface area contributed by atoms with Crippen LogP contribution in [-0.4, -0.2) is 18.1 Å². The molecule has 0 saturated carbocycles. The molecule has 1 heterocycles. The van der Waals surface area contributed by atoms with E-state index in [-0.39, 0.29) is 12.0 Å². The van der Waals surface area contributed by atoms with Gasteiger partial charge < -0.3 is 15.0 Å². The number of aromatic amines is 1. The van der Waals surface area contributed by atoms with Crippen LogP contribution in [0.3, 0.4) is 0 Å². The summed E-state index contributed by atoms with van der Waals surface area (Å²) in [7, 11) is 1.36. The SMILES string of the molecule is COC(=O)c1ccc(CN[C@@H](C)c2ccccc2Cl)[nH]1. The van der Waals surface area contributed by atoms with Gasteiger partial charge in [-0.2, -0.15) is 0 Å². The van der Waals surface area contributed by atoms with E-state index in [0.717, 1.165) is 16.3 Å². The largest absolute Gasteiger partial charge is 0.464 e. The molecule has 0 amide bonds. The summed E-state index contributed by atoms with van der Waals surface area (Å²) < 4.78 is 4.65. The zero-order valence-electron chi connectivity index (χ0n) is 11.4. The van der Waals surface area contributed by atoms with Gasteiger partial charge in [-0.25, -0.2) is 4.79 Å².